The molecule has 0 unspecified atom stereocenters. The molecule has 0 aliphatic carbocycles. The summed E-state index contributed by atoms with van der Waals surface area (Å²) < 4.78 is 57.8. The van der Waals surface area contributed by atoms with E-state index >= 15 is 0 Å². The average molecular weight is 254 g/mol. The van der Waals surface area contributed by atoms with Crippen LogP contribution in [-0.4, -0.2) is 24.9 Å². The zero-order chi connectivity index (χ0) is 13.1. The number of aromatic nitrogens is 1. The van der Waals surface area contributed by atoms with Crippen LogP contribution in [-0.2, 0) is 6.54 Å². The molecule has 17 heavy (non-hydrogen) atoms. The van der Waals surface area contributed by atoms with Gasteiger partial charge in [0.25, 0.3) is 5.88 Å². The van der Waals surface area contributed by atoms with Gasteiger partial charge >= 0.3 is 6.18 Å². The highest BCUT2D eigenvalue weighted by atomic mass is 19.4. The van der Waals surface area contributed by atoms with Crippen LogP contribution in [0.1, 0.15) is 5.56 Å². The number of alkyl halides is 3. The molecule has 8 heteroatoms. The number of halogens is 4. The molecule has 1 heterocycles. The molecule has 4 nitrogen and oxygen atoms in total. The number of methoxy groups -OCH3 is 1. The highest BCUT2D eigenvalue weighted by molar-refractivity contribution is 5.31. The van der Waals surface area contributed by atoms with E-state index in [1.807, 2.05) is 0 Å². The van der Waals surface area contributed by atoms with E-state index in [1.54, 1.807) is 0 Å². The van der Waals surface area contributed by atoms with Crippen molar-refractivity contribution in [3.05, 3.63) is 17.4 Å². The van der Waals surface area contributed by atoms with Gasteiger partial charge in [-0.3, -0.25) is 0 Å². The molecule has 2 N–H and O–H groups in total. The molecule has 1 aromatic heterocycles. The molecular weight excluding hydrogens is 244 g/mol. The quantitative estimate of drug-likeness (QED) is 0.830. The maximum absolute atomic E-state index is 13.3. The Morgan fingerprint density at radius 2 is 2.00 bits per heavy atom. The van der Waals surface area contributed by atoms with Crippen LogP contribution >= 0.6 is 0 Å². The molecule has 0 spiro atoms. The fourth-order valence-electron chi connectivity index (χ4n) is 1.07. The van der Waals surface area contributed by atoms with Gasteiger partial charge in [0.05, 0.1) is 7.11 Å². The van der Waals surface area contributed by atoms with Gasteiger partial charge in [-0.2, -0.15) is 18.2 Å². The lowest BCUT2D eigenvalue weighted by Crippen LogP contribution is -2.20. The highest BCUT2D eigenvalue weighted by Gasteiger charge is 2.29. The van der Waals surface area contributed by atoms with Crippen LogP contribution in [0.15, 0.2) is 6.07 Å². The summed E-state index contributed by atoms with van der Waals surface area (Å²) in [4.78, 5) is 3.47. The standard InChI is InChI=1S/C9H10F4N2O2/c1-16-7-5(3-14)2-6(10)8(15-7)17-4-9(11,12)13/h2H,3-4,14H2,1H3. The van der Waals surface area contributed by atoms with Crippen molar-refractivity contribution in [2.24, 2.45) is 5.73 Å². The normalized spacial score (nSPS) is 11.4. The Morgan fingerprint density at radius 1 is 1.35 bits per heavy atom. The first-order valence-electron chi connectivity index (χ1n) is 4.50. The molecule has 0 saturated heterocycles. The number of nitrogens with zero attached hydrogens (tertiary/aromatic N) is 1. The second-order valence-corrected chi connectivity index (χ2v) is 3.05. The Bertz CT molecular complexity index is 395. The number of rotatable bonds is 4. The van der Waals surface area contributed by atoms with Crippen LogP contribution in [0.4, 0.5) is 17.6 Å². The SMILES string of the molecule is COc1nc(OCC(F)(F)F)c(F)cc1CN. The molecule has 0 saturated carbocycles. The lowest BCUT2D eigenvalue weighted by Gasteiger charge is -2.11. The number of hydrogen-bond donors (Lipinski definition) is 1. The van der Waals surface area contributed by atoms with E-state index < -0.39 is 24.5 Å². The molecule has 0 fully saturated rings. The van der Waals surface area contributed by atoms with E-state index in [-0.39, 0.29) is 18.0 Å². The minimum absolute atomic E-state index is 0.0490. The lowest BCUT2D eigenvalue weighted by atomic mass is 10.2. The van der Waals surface area contributed by atoms with Crippen LogP contribution in [0.2, 0.25) is 0 Å². The Hall–Kier alpha value is -1.57. The topological polar surface area (TPSA) is 57.4 Å². The molecule has 0 radical (unpaired) electrons. The van der Waals surface area contributed by atoms with Crippen molar-refractivity contribution in [3.63, 3.8) is 0 Å². The fourth-order valence-corrected chi connectivity index (χ4v) is 1.07. The summed E-state index contributed by atoms with van der Waals surface area (Å²) >= 11 is 0. The zero-order valence-electron chi connectivity index (χ0n) is 8.84. The Kier molecular flexibility index (Phi) is 4.11. The third kappa shape index (κ3) is 3.74. The number of pyridine rings is 1. The van der Waals surface area contributed by atoms with Crippen LogP contribution in [0, 0.1) is 5.82 Å². The summed E-state index contributed by atoms with van der Waals surface area (Å²) in [6.07, 6.45) is -4.56. The molecule has 96 valence electrons. The van der Waals surface area contributed by atoms with Crippen molar-refractivity contribution in [1.82, 2.24) is 4.98 Å². The van der Waals surface area contributed by atoms with Crippen molar-refractivity contribution in [2.75, 3.05) is 13.7 Å². The first-order valence-corrected chi connectivity index (χ1v) is 4.50. The van der Waals surface area contributed by atoms with Crippen LogP contribution in [0.3, 0.4) is 0 Å². The average Bonchev–Trinajstić information content (AvgIpc) is 2.25. The van der Waals surface area contributed by atoms with Crippen LogP contribution < -0.4 is 15.2 Å². The fraction of sp³-hybridized carbons (Fsp3) is 0.444. The number of ether oxygens (including phenoxy) is 2. The predicted octanol–water partition coefficient (Wildman–Crippen LogP) is 1.63. The van der Waals surface area contributed by atoms with E-state index in [1.165, 1.54) is 7.11 Å². The Morgan fingerprint density at radius 3 is 2.47 bits per heavy atom. The van der Waals surface area contributed by atoms with E-state index in [9.17, 15) is 17.6 Å². The van der Waals surface area contributed by atoms with Gasteiger partial charge in [-0.1, -0.05) is 0 Å². The third-order valence-electron chi connectivity index (χ3n) is 1.77. The van der Waals surface area contributed by atoms with Crippen molar-refractivity contribution in [1.29, 1.82) is 0 Å². The summed E-state index contributed by atoms with van der Waals surface area (Å²) in [5, 5.41) is 0. The molecule has 0 aromatic carbocycles. The van der Waals surface area contributed by atoms with Crippen molar-refractivity contribution in [2.45, 2.75) is 12.7 Å². The first kappa shape index (κ1) is 13.5. The summed E-state index contributed by atoms with van der Waals surface area (Å²) in [7, 11) is 1.24. The van der Waals surface area contributed by atoms with Crippen molar-refractivity contribution >= 4 is 0 Å². The molecule has 0 aliphatic heterocycles. The van der Waals surface area contributed by atoms with Gasteiger partial charge in [-0.15, -0.1) is 0 Å². The molecule has 1 rings (SSSR count). The minimum Gasteiger partial charge on any atom is -0.481 e. The Labute approximate surface area is 94.3 Å². The molecule has 0 aliphatic rings. The van der Waals surface area contributed by atoms with Gasteiger partial charge in [0.1, 0.15) is 0 Å². The van der Waals surface area contributed by atoms with Gasteiger partial charge in [-0.05, 0) is 6.07 Å². The zero-order valence-corrected chi connectivity index (χ0v) is 8.84. The predicted molar refractivity (Wildman–Crippen MR) is 50.2 cm³/mol. The minimum atomic E-state index is -4.56. The van der Waals surface area contributed by atoms with Crippen LogP contribution in [0.5, 0.6) is 11.8 Å². The maximum atomic E-state index is 13.3. The lowest BCUT2D eigenvalue weighted by molar-refractivity contribution is -0.154. The van der Waals surface area contributed by atoms with E-state index in [0.717, 1.165) is 6.07 Å². The summed E-state index contributed by atoms with van der Waals surface area (Å²) in [5.41, 5.74) is 5.52. The van der Waals surface area contributed by atoms with Gasteiger partial charge < -0.3 is 15.2 Å². The van der Waals surface area contributed by atoms with Gasteiger partial charge in [-0.25, -0.2) is 4.39 Å². The second-order valence-electron chi connectivity index (χ2n) is 3.05. The third-order valence-corrected chi connectivity index (χ3v) is 1.77. The molecular formula is C9H10F4N2O2. The molecule has 0 bridgehead atoms. The summed E-state index contributed by atoms with van der Waals surface area (Å²) in [6, 6.07) is 0.928. The summed E-state index contributed by atoms with van der Waals surface area (Å²) in [5.74, 6) is -1.85. The monoisotopic (exact) mass is 254 g/mol. The number of hydrogen-bond acceptors (Lipinski definition) is 4. The van der Waals surface area contributed by atoms with Crippen molar-refractivity contribution < 1.29 is 27.0 Å². The smallest absolute Gasteiger partial charge is 0.422 e. The first-order chi connectivity index (χ1) is 7.87. The van der Waals surface area contributed by atoms with E-state index in [4.69, 9.17) is 10.5 Å². The largest absolute Gasteiger partial charge is 0.481 e. The molecule has 0 amide bonds. The van der Waals surface area contributed by atoms with E-state index in [2.05, 4.69) is 9.72 Å². The van der Waals surface area contributed by atoms with Crippen LogP contribution in [0.25, 0.3) is 0 Å². The molecule has 1 aromatic rings. The van der Waals surface area contributed by atoms with E-state index in [0.29, 0.717) is 0 Å². The van der Waals surface area contributed by atoms with Gasteiger partial charge in [0.15, 0.2) is 12.4 Å². The Balaban J connectivity index is 2.93. The number of nitrogens with two attached hydrogens (primary N) is 1. The molecule has 0 atom stereocenters. The summed E-state index contributed by atoms with van der Waals surface area (Å²) in [6.45, 7) is -1.67. The highest BCUT2D eigenvalue weighted by Crippen LogP contribution is 2.25. The second kappa shape index (κ2) is 5.17. The van der Waals surface area contributed by atoms with Gasteiger partial charge in [0.2, 0.25) is 5.88 Å². The maximum Gasteiger partial charge on any atom is 0.422 e. The van der Waals surface area contributed by atoms with Gasteiger partial charge in [0, 0.05) is 12.1 Å². The van der Waals surface area contributed by atoms with Crippen molar-refractivity contribution in [3.8, 4) is 11.8 Å².